The van der Waals surface area contributed by atoms with Crippen molar-refractivity contribution in [3.05, 3.63) is 48.3 Å². The van der Waals surface area contributed by atoms with E-state index in [2.05, 4.69) is 40.9 Å². The molecule has 0 aliphatic rings. The molecule has 2 aromatic rings. The number of unbranched alkanes of at least 4 members (excludes halogenated alkanes) is 2. The van der Waals surface area contributed by atoms with Gasteiger partial charge < -0.3 is 5.32 Å². The first-order valence-corrected chi connectivity index (χ1v) is 8.58. The summed E-state index contributed by atoms with van der Waals surface area (Å²) in [6, 6.07) is 10.5. The van der Waals surface area contributed by atoms with E-state index in [0.29, 0.717) is 0 Å². The highest BCUT2D eigenvalue weighted by Crippen LogP contribution is 2.08. The van der Waals surface area contributed by atoms with E-state index in [-0.39, 0.29) is 0 Å². The van der Waals surface area contributed by atoms with E-state index in [1.54, 1.807) is 6.20 Å². The Morgan fingerprint density at radius 3 is 2.70 bits per heavy atom. The number of benzene rings is 1. The topological polar surface area (TPSA) is 29.9 Å². The van der Waals surface area contributed by atoms with E-state index in [0.717, 1.165) is 18.8 Å². The van der Waals surface area contributed by atoms with Gasteiger partial charge in [0.25, 0.3) is 0 Å². The van der Waals surface area contributed by atoms with Gasteiger partial charge in [-0.05, 0) is 55.2 Å². The Kier molecular flexibility index (Phi) is 6.68. The zero-order valence-corrected chi connectivity index (χ0v) is 12.9. The number of hydrogen-bond donors (Lipinski definition) is 1. The third-order valence-corrected chi connectivity index (χ3v) is 3.93. The fourth-order valence-electron chi connectivity index (χ4n) is 2.09. The van der Waals surface area contributed by atoms with Crippen LogP contribution in [-0.4, -0.2) is 28.3 Å². The molecule has 3 nitrogen and oxygen atoms in total. The highest BCUT2D eigenvalue weighted by Gasteiger charge is 1.97. The van der Waals surface area contributed by atoms with E-state index in [9.17, 15) is 0 Å². The first-order valence-electron chi connectivity index (χ1n) is 7.19. The summed E-state index contributed by atoms with van der Waals surface area (Å²) in [6.45, 7) is 2.05. The summed E-state index contributed by atoms with van der Waals surface area (Å²) in [4.78, 5) is 0. The van der Waals surface area contributed by atoms with Gasteiger partial charge in [0, 0.05) is 18.9 Å². The van der Waals surface area contributed by atoms with Crippen LogP contribution in [0, 0.1) is 0 Å². The van der Waals surface area contributed by atoms with Crippen LogP contribution >= 0.6 is 11.8 Å². The van der Waals surface area contributed by atoms with Crippen molar-refractivity contribution in [2.75, 3.05) is 18.6 Å². The lowest BCUT2D eigenvalue weighted by Gasteiger charge is -2.06. The number of rotatable bonds is 9. The predicted molar refractivity (Wildman–Crippen MR) is 87.5 cm³/mol. The molecule has 0 bridgehead atoms. The second kappa shape index (κ2) is 8.82. The van der Waals surface area contributed by atoms with Crippen LogP contribution in [0.5, 0.6) is 0 Å². The van der Waals surface area contributed by atoms with Gasteiger partial charge in [-0.25, -0.2) is 4.68 Å². The van der Waals surface area contributed by atoms with Gasteiger partial charge in [-0.3, -0.25) is 0 Å². The van der Waals surface area contributed by atoms with Gasteiger partial charge in [-0.1, -0.05) is 18.6 Å². The number of nitrogens with zero attached hydrogens (tertiary/aromatic N) is 2. The van der Waals surface area contributed by atoms with E-state index >= 15 is 0 Å². The van der Waals surface area contributed by atoms with E-state index in [1.807, 2.05) is 28.7 Å². The maximum Gasteiger partial charge on any atom is 0.0645 e. The second-order valence-electron chi connectivity index (χ2n) is 4.85. The summed E-state index contributed by atoms with van der Waals surface area (Å²) in [5, 5.41) is 7.73. The molecule has 0 saturated carbocycles. The van der Waals surface area contributed by atoms with Gasteiger partial charge in [0.1, 0.15) is 0 Å². The molecule has 0 aliphatic carbocycles. The molecule has 0 amide bonds. The molecule has 108 valence electrons. The molecule has 2 rings (SSSR count). The Labute approximate surface area is 125 Å². The molecular weight excluding hydrogens is 266 g/mol. The van der Waals surface area contributed by atoms with Gasteiger partial charge in [-0.2, -0.15) is 16.9 Å². The van der Waals surface area contributed by atoms with Crippen molar-refractivity contribution < 1.29 is 0 Å². The van der Waals surface area contributed by atoms with Crippen LogP contribution in [0.25, 0.3) is 5.69 Å². The number of thioether (sulfide) groups is 1. The molecule has 0 spiro atoms. The molecule has 20 heavy (non-hydrogen) atoms. The number of aromatic nitrogens is 2. The zero-order valence-electron chi connectivity index (χ0n) is 12.1. The average Bonchev–Trinajstić information content (AvgIpc) is 3.01. The van der Waals surface area contributed by atoms with Crippen molar-refractivity contribution in [3.8, 4) is 5.69 Å². The van der Waals surface area contributed by atoms with Crippen molar-refractivity contribution in [3.63, 3.8) is 0 Å². The summed E-state index contributed by atoms with van der Waals surface area (Å²) < 4.78 is 1.88. The molecule has 0 unspecified atom stereocenters. The van der Waals surface area contributed by atoms with Crippen molar-refractivity contribution >= 4 is 11.8 Å². The smallest absolute Gasteiger partial charge is 0.0645 e. The molecule has 4 heteroatoms. The van der Waals surface area contributed by atoms with Gasteiger partial charge in [0.05, 0.1) is 5.69 Å². The number of hydrogen-bond acceptors (Lipinski definition) is 3. The van der Waals surface area contributed by atoms with Gasteiger partial charge >= 0.3 is 0 Å². The lowest BCUT2D eigenvalue weighted by molar-refractivity contribution is 0.618. The van der Waals surface area contributed by atoms with Gasteiger partial charge in [0.2, 0.25) is 0 Å². The molecule has 0 radical (unpaired) electrons. The molecule has 0 atom stereocenters. The SMILES string of the molecule is CSCCCCCNCc1ccc(-n2cccn2)cc1. The van der Waals surface area contributed by atoms with E-state index < -0.39 is 0 Å². The Balaban J connectivity index is 1.67. The zero-order chi connectivity index (χ0) is 14.0. The summed E-state index contributed by atoms with van der Waals surface area (Å²) >= 11 is 1.93. The lowest BCUT2D eigenvalue weighted by Crippen LogP contribution is -2.14. The molecule has 0 fully saturated rings. The number of nitrogens with one attached hydrogen (secondary N) is 1. The van der Waals surface area contributed by atoms with Crippen LogP contribution in [0.4, 0.5) is 0 Å². The molecular formula is C16H23N3S. The fraction of sp³-hybridized carbons (Fsp3) is 0.438. The van der Waals surface area contributed by atoms with Crippen LogP contribution < -0.4 is 5.32 Å². The Morgan fingerprint density at radius 1 is 1.15 bits per heavy atom. The van der Waals surface area contributed by atoms with Crippen LogP contribution in [0.15, 0.2) is 42.7 Å². The van der Waals surface area contributed by atoms with E-state index in [4.69, 9.17) is 0 Å². The van der Waals surface area contributed by atoms with Gasteiger partial charge in [0.15, 0.2) is 0 Å². The normalized spacial score (nSPS) is 10.8. The fourth-order valence-corrected chi connectivity index (χ4v) is 2.59. The molecule has 0 aliphatic heterocycles. The van der Waals surface area contributed by atoms with Crippen molar-refractivity contribution in [1.82, 2.24) is 15.1 Å². The second-order valence-corrected chi connectivity index (χ2v) is 5.83. The highest BCUT2D eigenvalue weighted by molar-refractivity contribution is 7.98. The van der Waals surface area contributed by atoms with E-state index in [1.165, 1.54) is 30.6 Å². The van der Waals surface area contributed by atoms with Gasteiger partial charge in [-0.15, -0.1) is 0 Å². The molecule has 0 saturated heterocycles. The third kappa shape index (κ3) is 5.02. The minimum Gasteiger partial charge on any atom is -0.313 e. The monoisotopic (exact) mass is 289 g/mol. The predicted octanol–water partition coefficient (Wildman–Crippen LogP) is 3.50. The molecule has 1 N–H and O–H groups in total. The molecule has 1 aromatic heterocycles. The average molecular weight is 289 g/mol. The summed E-state index contributed by atoms with van der Waals surface area (Å²) in [5.41, 5.74) is 2.43. The van der Waals surface area contributed by atoms with Crippen molar-refractivity contribution in [2.24, 2.45) is 0 Å². The van der Waals surface area contributed by atoms with Crippen molar-refractivity contribution in [1.29, 1.82) is 0 Å². The quantitative estimate of drug-likeness (QED) is 0.717. The molecule has 1 aromatic carbocycles. The third-order valence-electron chi connectivity index (χ3n) is 3.24. The first kappa shape index (κ1) is 15.1. The summed E-state index contributed by atoms with van der Waals surface area (Å²) in [5.74, 6) is 1.29. The van der Waals surface area contributed by atoms with Crippen LogP contribution in [0.3, 0.4) is 0 Å². The minimum atomic E-state index is 0.946. The summed E-state index contributed by atoms with van der Waals surface area (Å²) in [7, 11) is 0. The molecule has 1 heterocycles. The Morgan fingerprint density at radius 2 is 2.00 bits per heavy atom. The maximum absolute atomic E-state index is 4.23. The minimum absolute atomic E-state index is 0.946. The Hall–Kier alpha value is -1.26. The first-order chi connectivity index (χ1) is 9.90. The van der Waals surface area contributed by atoms with Crippen molar-refractivity contribution in [2.45, 2.75) is 25.8 Å². The lowest BCUT2D eigenvalue weighted by atomic mass is 10.2. The largest absolute Gasteiger partial charge is 0.313 e. The van der Waals surface area contributed by atoms with Crippen LogP contribution in [-0.2, 0) is 6.54 Å². The van der Waals surface area contributed by atoms with Crippen LogP contribution in [0.2, 0.25) is 0 Å². The maximum atomic E-state index is 4.23. The van der Waals surface area contributed by atoms with Crippen LogP contribution in [0.1, 0.15) is 24.8 Å². The summed E-state index contributed by atoms with van der Waals surface area (Å²) in [6.07, 6.45) is 9.86. The highest BCUT2D eigenvalue weighted by atomic mass is 32.2. The Bertz CT molecular complexity index is 465. The standard InChI is InChI=1S/C16H23N3S/c1-20-13-4-2-3-10-17-14-15-6-8-16(9-7-15)19-12-5-11-18-19/h5-9,11-12,17H,2-4,10,13-14H2,1H3.